The van der Waals surface area contributed by atoms with Crippen molar-refractivity contribution in [3.05, 3.63) is 74.3 Å². The van der Waals surface area contributed by atoms with Gasteiger partial charge in [0, 0.05) is 35.0 Å². The molecule has 134 valence electrons. The Morgan fingerprint density at radius 1 is 1.27 bits per heavy atom. The van der Waals surface area contributed by atoms with Crippen LogP contribution in [0.1, 0.15) is 16.7 Å². The van der Waals surface area contributed by atoms with Crippen LogP contribution in [0.3, 0.4) is 0 Å². The molecule has 0 aliphatic heterocycles. The molecule has 0 spiro atoms. The van der Waals surface area contributed by atoms with Crippen molar-refractivity contribution < 1.29 is 23.4 Å². The van der Waals surface area contributed by atoms with Crippen molar-refractivity contribution in [1.82, 2.24) is 0 Å². The quantitative estimate of drug-likeness (QED) is 0.641. The number of aryl methyl sites for hydroxylation is 1. The van der Waals surface area contributed by atoms with Crippen LogP contribution in [-0.2, 0) is 17.8 Å². The molecule has 0 aliphatic rings. The molecule has 0 bridgehead atoms. The van der Waals surface area contributed by atoms with E-state index in [0.717, 1.165) is 0 Å². The average Bonchev–Trinajstić information content (AvgIpc) is 2.58. The van der Waals surface area contributed by atoms with Crippen molar-refractivity contribution in [2.45, 2.75) is 20.0 Å². The molecule has 0 fully saturated rings. The summed E-state index contributed by atoms with van der Waals surface area (Å²) < 4.78 is 24.5. The molecule has 5 nitrogen and oxygen atoms in total. The fourth-order valence-electron chi connectivity index (χ4n) is 2.64. The lowest BCUT2D eigenvalue weighted by atomic mass is 10.0. The van der Waals surface area contributed by atoms with Gasteiger partial charge in [-0.05, 0) is 36.8 Å². The Hall–Kier alpha value is -2.86. The lowest BCUT2D eigenvalue weighted by Crippen LogP contribution is -2.27. The predicted molar refractivity (Wildman–Crippen MR) is 91.7 cm³/mol. The zero-order chi connectivity index (χ0) is 18.8. The van der Waals surface area contributed by atoms with E-state index < -0.39 is 23.8 Å². The highest BCUT2D eigenvalue weighted by Crippen LogP contribution is 2.26. The minimum Gasteiger partial charge on any atom is -0.550 e. The van der Waals surface area contributed by atoms with Crippen LogP contribution in [-0.4, -0.2) is 5.97 Å². The van der Waals surface area contributed by atoms with Gasteiger partial charge in [0.1, 0.15) is 23.8 Å². The van der Waals surface area contributed by atoms with Crippen molar-refractivity contribution in [1.29, 1.82) is 0 Å². The Balaban J connectivity index is 1.92. The van der Waals surface area contributed by atoms with Gasteiger partial charge in [0.25, 0.3) is 0 Å². The molecule has 1 heterocycles. The summed E-state index contributed by atoms with van der Waals surface area (Å²) in [5.74, 6) is -1.49. The topological polar surface area (TPSA) is 79.6 Å². The lowest BCUT2D eigenvalue weighted by molar-refractivity contribution is -0.304. The van der Waals surface area contributed by atoms with Gasteiger partial charge in [-0.15, -0.1) is 0 Å². The summed E-state index contributed by atoms with van der Waals surface area (Å²) in [6.45, 7) is 1.54. The van der Waals surface area contributed by atoms with E-state index in [0.29, 0.717) is 16.7 Å². The second-order valence-corrected chi connectivity index (χ2v) is 6.10. The second kappa shape index (κ2) is 7.17. The first-order valence-corrected chi connectivity index (χ1v) is 8.06. The summed E-state index contributed by atoms with van der Waals surface area (Å²) in [6, 6.07) is 9.09. The first kappa shape index (κ1) is 17.9. The van der Waals surface area contributed by atoms with Gasteiger partial charge in [0.05, 0.1) is 5.02 Å². The number of fused-ring (bicyclic) bond motifs is 1. The van der Waals surface area contributed by atoms with E-state index in [1.54, 1.807) is 25.1 Å². The van der Waals surface area contributed by atoms with Gasteiger partial charge < -0.3 is 19.1 Å². The Labute approximate surface area is 152 Å². The molecule has 3 rings (SSSR count). The molecule has 0 saturated heterocycles. The van der Waals surface area contributed by atoms with Crippen molar-refractivity contribution in [3.8, 4) is 5.75 Å². The normalized spacial score (nSPS) is 10.9. The summed E-state index contributed by atoms with van der Waals surface area (Å²) >= 11 is 5.96. The molecule has 3 aromatic rings. The number of rotatable bonds is 5. The van der Waals surface area contributed by atoms with Gasteiger partial charge in [-0.2, -0.15) is 0 Å². The third-order valence-electron chi connectivity index (χ3n) is 4.02. The van der Waals surface area contributed by atoms with Crippen LogP contribution in [0.4, 0.5) is 4.39 Å². The zero-order valence-corrected chi connectivity index (χ0v) is 14.4. The van der Waals surface area contributed by atoms with Crippen molar-refractivity contribution >= 4 is 28.5 Å². The molecule has 0 aliphatic carbocycles. The molecule has 1 aromatic heterocycles. The number of carbonyl (C=O) groups is 1. The maximum absolute atomic E-state index is 13.8. The van der Waals surface area contributed by atoms with Gasteiger partial charge in [-0.3, -0.25) is 0 Å². The molecule has 0 amide bonds. The summed E-state index contributed by atoms with van der Waals surface area (Å²) in [7, 11) is 0. The summed E-state index contributed by atoms with van der Waals surface area (Å²) in [5, 5.41) is 11.6. The molecular formula is C19H13ClFO5-. The first-order chi connectivity index (χ1) is 12.4. The minimum absolute atomic E-state index is 0.0457. The van der Waals surface area contributed by atoms with Crippen LogP contribution in [0.15, 0.2) is 45.6 Å². The number of hydrogen-bond donors (Lipinski definition) is 0. The number of halogens is 2. The standard InChI is InChI=1S/C19H14ClFO5/c1-10-12-6-5-11(25-9-14-15(20)3-2-4-16(14)21)7-17(12)26-19(24)13(10)8-18(22)23/h2-7H,8-9H2,1H3,(H,22,23)/p-1. The second-order valence-electron chi connectivity index (χ2n) is 5.69. The molecule has 0 atom stereocenters. The van der Waals surface area contributed by atoms with E-state index in [2.05, 4.69) is 0 Å². The number of carboxylic acids is 1. The number of ether oxygens (including phenoxy) is 1. The highest BCUT2D eigenvalue weighted by molar-refractivity contribution is 6.31. The zero-order valence-electron chi connectivity index (χ0n) is 13.7. The van der Waals surface area contributed by atoms with E-state index >= 15 is 0 Å². The third kappa shape index (κ3) is 3.55. The lowest BCUT2D eigenvalue weighted by Gasteiger charge is -2.11. The number of benzene rings is 2. The van der Waals surface area contributed by atoms with E-state index in [1.807, 2.05) is 0 Å². The van der Waals surface area contributed by atoms with Crippen molar-refractivity contribution in [2.75, 3.05) is 0 Å². The smallest absolute Gasteiger partial charge is 0.340 e. The van der Waals surface area contributed by atoms with Gasteiger partial charge in [0.15, 0.2) is 0 Å². The Morgan fingerprint density at radius 2 is 2.04 bits per heavy atom. The maximum Gasteiger partial charge on any atom is 0.340 e. The van der Waals surface area contributed by atoms with Crippen LogP contribution in [0, 0.1) is 12.7 Å². The number of carboxylic acid groups (broad SMARTS) is 1. The number of hydrogen-bond acceptors (Lipinski definition) is 5. The Bertz CT molecular complexity index is 1040. The monoisotopic (exact) mass is 375 g/mol. The van der Waals surface area contributed by atoms with Crippen LogP contribution < -0.4 is 15.5 Å². The molecule has 0 radical (unpaired) electrons. The molecule has 2 aromatic carbocycles. The van der Waals surface area contributed by atoms with E-state index in [9.17, 15) is 19.1 Å². The molecule has 0 N–H and O–H groups in total. The van der Waals surface area contributed by atoms with Gasteiger partial charge >= 0.3 is 5.63 Å². The molecular weight excluding hydrogens is 363 g/mol. The van der Waals surface area contributed by atoms with Crippen LogP contribution >= 0.6 is 11.6 Å². The summed E-state index contributed by atoms with van der Waals surface area (Å²) in [6.07, 6.45) is -0.520. The van der Waals surface area contributed by atoms with Gasteiger partial charge in [-0.25, -0.2) is 9.18 Å². The van der Waals surface area contributed by atoms with E-state index in [4.69, 9.17) is 20.8 Å². The predicted octanol–water partition coefficient (Wildman–Crippen LogP) is 2.77. The molecule has 0 saturated carbocycles. The third-order valence-corrected chi connectivity index (χ3v) is 4.38. The van der Waals surface area contributed by atoms with Crippen LogP contribution in [0.5, 0.6) is 5.75 Å². The first-order valence-electron chi connectivity index (χ1n) is 7.68. The number of carbonyl (C=O) groups excluding carboxylic acids is 1. The number of aliphatic carboxylic acids is 1. The van der Waals surface area contributed by atoms with Gasteiger partial charge in [-0.1, -0.05) is 17.7 Å². The Morgan fingerprint density at radius 3 is 2.73 bits per heavy atom. The SMILES string of the molecule is Cc1c(CC(=O)[O-])c(=O)oc2cc(OCc3c(F)cccc3Cl)ccc12. The Kier molecular flexibility index (Phi) is 4.95. The molecule has 26 heavy (non-hydrogen) atoms. The van der Waals surface area contributed by atoms with Crippen LogP contribution in [0.25, 0.3) is 11.0 Å². The van der Waals surface area contributed by atoms with Crippen molar-refractivity contribution in [3.63, 3.8) is 0 Å². The summed E-state index contributed by atoms with van der Waals surface area (Å²) in [5.41, 5.74) is 0.268. The highest BCUT2D eigenvalue weighted by atomic mass is 35.5. The fourth-order valence-corrected chi connectivity index (χ4v) is 2.86. The van der Waals surface area contributed by atoms with E-state index in [1.165, 1.54) is 18.2 Å². The minimum atomic E-state index is -1.36. The average molecular weight is 376 g/mol. The summed E-state index contributed by atoms with van der Waals surface area (Å²) in [4.78, 5) is 22.8. The largest absolute Gasteiger partial charge is 0.550 e. The highest BCUT2D eigenvalue weighted by Gasteiger charge is 2.13. The molecule has 0 unspecified atom stereocenters. The van der Waals surface area contributed by atoms with Crippen molar-refractivity contribution in [2.24, 2.45) is 0 Å². The molecule has 7 heteroatoms. The fraction of sp³-hybridized carbons (Fsp3) is 0.158. The van der Waals surface area contributed by atoms with Crippen LogP contribution in [0.2, 0.25) is 5.02 Å². The van der Waals surface area contributed by atoms with E-state index in [-0.39, 0.29) is 28.3 Å². The maximum atomic E-state index is 13.8. The van der Waals surface area contributed by atoms with Gasteiger partial charge in [0.2, 0.25) is 0 Å².